The van der Waals surface area contributed by atoms with E-state index in [2.05, 4.69) is 9.97 Å². The van der Waals surface area contributed by atoms with E-state index in [9.17, 15) is 4.39 Å². The summed E-state index contributed by atoms with van der Waals surface area (Å²) in [5.74, 6) is 0.00500. The number of halogens is 2. The second kappa shape index (κ2) is 7.53. The van der Waals surface area contributed by atoms with Gasteiger partial charge in [-0.25, -0.2) is 19.4 Å². The summed E-state index contributed by atoms with van der Waals surface area (Å²) in [6.45, 7) is 1.53. The topological polar surface area (TPSA) is 90.6 Å². The molecule has 0 radical (unpaired) electrons. The third-order valence-electron chi connectivity index (χ3n) is 6.78. The highest BCUT2D eigenvalue weighted by atomic mass is 19.1. The van der Waals surface area contributed by atoms with Gasteiger partial charge < -0.3 is 15.2 Å². The van der Waals surface area contributed by atoms with Crippen LogP contribution >= 0.6 is 0 Å². The second-order valence-corrected chi connectivity index (χ2v) is 8.71. The number of ether oxygens (including phenoxy) is 2. The third kappa shape index (κ3) is 2.81. The van der Waals surface area contributed by atoms with Gasteiger partial charge in [0.15, 0.2) is 35.7 Å². The number of nitrogens with zero attached hydrogens (tertiary/aromatic N) is 5. The fraction of sp³-hybridized carbons (Fsp3) is 0.154. The zero-order valence-corrected chi connectivity index (χ0v) is 18.9. The van der Waals surface area contributed by atoms with Crippen molar-refractivity contribution in [3.05, 3.63) is 89.8 Å². The van der Waals surface area contributed by atoms with Crippen molar-refractivity contribution in [2.45, 2.75) is 5.54 Å². The molecular weight excluding hydrogens is 466 g/mol. The highest BCUT2D eigenvalue weighted by molar-refractivity contribution is 5.87. The van der Waals surface area contributed by atoms with Crippen LogP contribution in [0.3, 0.4) is 0 Å². The number of imidazole rings is 1. The molecule has 178 valence electrons. The molecule has 0 bridgehead atoms. The maximum Gasteiger partial charge on any atom is 0.220 e. The molecule has 2 N–H and O–H groups in total. The fourth-order valence-electron chi connectivity index (χ4n) is 5.15. The molecule has 36 heavy (non-hydrogen) atoms. The van der Waals surface area contributed by atoms with Crippen LogP contribution in [0.5, 0.6) is 11.5 Å². The average Bonchev–Trinajstić information content (AvgIpc) is 3.49. The molecule has 0 fully saturated rings. The van der Waals surface area contributed by atoms with Gasteiger partial charge >= 0.3 is 0 Å². The number of nitrogens with two attached hydrogens (primary N) is 1. The van der Waals surface area contributed by atoms with Gasteiger partial charge in [-0.05, 0) is 29.8 Å². The molecule has 0 aliphatic carbocycles. The Labute approximate surface area is 204 Å². The summed E-state index contributed by atoms with van der Waals surface area (Å²) in [4.78, 5) is 13.2. The van der Waals surface area contributed by atoms with Crippen LogP contribution < -0.4 is 10.5 Å². The maximum atomic E-state index is 15.7. The molecule has 7 rings (SSSR count). The summed E-state index contributed by atoms with van der Waals surface area (Å²) in [5, 5.41) is 0. The Bertz CT molecular complexity index is 1630. The standard InChI is InChI=1S/C26H19F2N6O2/c27-20-14-16(33-8-10-35-11-9-33)13-19-22(20)36-21-4-3-15(17-2-1-5-30-23(17)28)12-18(21)26(19)24-31-6-7-34(24)25(29)32-26/h1-8,12-14H,9-11H2,(H2,29,32)/q+1/t26-/m1/s1. The Balaban J connectivity index is 1.53. The Morgan fingerprint density at radius 2 is 1.97 bits per heavy atom. The van der Waals surface area contributed by atoms with Crippen LogP contribution in [-0.4, -0.2) is 51.0 Å². The van der Waals surface area contributed by atoms with Crippen molar-refractivity contribution in [1.82, 2.24) is 14.5 Å². The number of hydrogen-bond acceptors (Lipinski definition) is 6. The highest BCUT2D eigenvalue weighted by Gasteiger charge is 2.52. The lowest BCUT2D eigenvalue weighted by molar-refractivity contribution is -0.450. The Morgan fingerprint density at radius 1 is 1.06 bits per heavy atom. The van der Waals surface area contributed by atoms with E-state index in [1.165, 1.54) is 12.3 Å². The number of fused-ring (bicyclic) bond motifs is 6. The molecule has 3 aliphatic heterocycles. The Kier molecular flexibility index (Phi) is 4.37. The zero-order valence-electron chi connectivity index (χ0n) is 18.9. The molecule has 3 aliphatic rings. The smallest absolute Gasteiger partial charge is 0.220 e. The van der Waals surface area contributed by atoms with Crippen molar-refractivity contribution < 1.29 is 22.8 Å². The predicted octanol–water partition coefficient (Wildman–Crippen LogP) is 3.54. The average molecular weight is 485 g/mol. The van der Waals surface area contributed by atoms with Crippen LogP contribution in [0.1, 0.15) is 17.0 Å². The van der Waals surface area contributed by atoms with Gasteiger partial charge in [0.05, 0.1) is 0 Å². The molecule has 1 spiro atoms. The van der Waals surface area contributed by atoms with Gasteiger partial charge in [0.1, 0.15) is 19.0 Å². The summed E-state index contributed by atoms with van der Waals surface area (Å²) in [7, 11) is 0. The second-order valence-electron chi connectivity index (χ2n) is 8.71. The molecule has 2 aromatic heterocycles. The molecule has 10 heteroatoms. The molecule has 1 atom stereocenters. The molecule has 2 aromatic carbocycles. The van der Waals surface area contributed by atoms with Gasteiger partial charge in [-0.3, -0.25) is 4.57 Å². The van der Waals surface area contributed by atoms with Crippen LogP contribution in [0.4, 0.5) is 14.5 Å². The van der Waals surface area contributed by atoms with Gasteiger partial charge in [0, 0.05) is 47.4 Å². The molecule has 0 saturated carbocycles. The number of benzene rings is 2. The molecular formula is C26H19F2N6O2+. The molecule has 4 aromatic rings. The lowest BCUT2D eigenvalue weighted by Gasteiger charge is -2.34. The quantitative estimate of drug-likeness (QED) is 0.347. The molecule has 8 nitrogen and oxygen atoms in total. The van der Waals surface area contributed by atoms with E-state index >= 15 is 4.39 Å². The van der Waals surface area contributed by atoms with E-state index < -0.39 is 17.3 Å². The number of rotatable bonds is 2. The number of pyridine rings is 1. The first kappa shape index (κ1) is 20.9. The summed E-state index contributed by atoms with van der Waals surface area (Å²) < 4.78 is 45.4. The number of aromatic nitrogens is 3. The minimum Gasteiger partial charge on any atom is -0.453 e. The molecule has 0 amide bonds. The first-order chi connectivity index (χ1) is 17.6. The lowest BCUT2D eigenvalue weighted by Crippen LogP contribution is -2.31. The third-order valence-corrected chi connectivity index (χ3v) is 6.78. The van der Waals surface area contributed by atoms with E-state index in [1.54, 1.807) is 47.3 Å². The normalized spacial score (nSPS) is 19.7. The van der Waals surface area contributed by atoms with E-state index in [-0.39, 0.29) is 11.7 Å². The summed E-state index contributed by atoms with van der Waals surface area (Å²) >= 11 is 0. The van der Waals surface area contributed by atoms with Gasteiger partial charge in [0.25, 0.3) is 0 Å². The van der Waals surface area contributed by atoms with Crippen LogP contribution in [0.2, 0.25) is 0 Å². The summed E-state index contributed by atoms with van der Waals surface area (Å²) in [6, 6.07) is 11.8. The first-order valence-corrected chi connectivity index (χ1v) is 11.4. The Morgan fingerprint density at radius 3 is 2.81 bits per heavy atom. The maximum absolute atomic E-state index is 15.7. The van der Waals surface area contributed by atoms with E-state index in [0.717, 1.165) is 0 Å². The monoisotopic (exact) mass is 485 g/mol. The van der Waals surface area contributed by atoms with Crippen LogP contribution in [0.15, 0.2) is 66.0 Å². The van der Waals surface area contributed by atoms with E-state index in [0.29, 0.717) is 59.3 Å². The van der Waals surface area contributed by atoms with E-state index in [1.807, 2.05) is 16.9 Å². The SMILES string of the molecule is NC1=N[C@@]2(c3cc(-c4cccnc4F)ccc3Oc3c(F)cc([N+]4=CCOCC4)cc32)c2nccn21. The van der Waals surface area contributed by atoms with Crippen molar-refractivity contribution >= 4 is 17.9 Å². The van der Waals surface area contributed by atoms with Crippen molar-refractivity contribution in [1.29, 1.82) is 0 Å². The zero-order chi connectivity index (χ0) is 24.4. The Hall–Kier alpha value is -4.44. The lowest BCUT2D eigenvalue weighted by atomic mass is 9.79. The van der Waals surface area contributed by atoms with Gasteiger partial charge in [-0.1, -0.05) is 6.07 Å². The largest absolute Gasteiger partial charge is 0.453 e. The van der Waals surface area contributed by atoms with Gasteiger partial charge in [-0.2, -0.15) is 8.97 Å². The van der Waals surface area contributed by atoms with Crippen molar-refractivity contribution in [2.24, 2.45) is 10.7 Å². The molecule has 0 saturated heterocycles. The molecule has 5 heterocycles. The van der Waals surface area contributed by atoms with Gasteiger partial charge in [-0.15, -0.1) is 0 Å². The summed E-state index contributed by atoms with van der Waals surface area (Å²) in [5.41, 5.74) is 7.60. The number of aliphatic imine (C=N–C) groups is 1. The van der Waals surface area contributed by atoms with Crippen LogP contribution in [0.25, 0.3) is 11.1 Å². The minimum absolute atomic E-state index is 0.0489. The van der Waals surface area contributed by atoms with Gasteiger partial charge in [0.2, 0.25) is 17.6 Å². The van der Waals surface area contributed by atoms with Crippen LogP contribution in [-0.2, 0) is 10.3 Å². The van der Waals surface area contributed by atoms with Crippen molar-refractivity contribution in [3.63, 3.8) is 0 Å². The van der Waals surface area contributed by atoms with E-state index in [4.69, 9.17) is 20.2 Å². The fourth-order valence-corrected chi connectivity index (χ4v) is 5.15. The molecule has 0 unspecified atom stereocenters. The highest BCUT2D eigenvalue weighted by Crippen LogP contribution is 2.55. The number of hydrogen-bond donors (Lipinski definition) is 1. The minimum atomic E-state index is -1.30. The summed E-state index contributed by atoms with van der Waals surface area (Å²) in [6.07, 6.45) is 6.58. The van der Waals surface area contributed by atoms with Crippen molar-refractivity contribution in [2.75, 3.05) is 19.8 Å². The van der Waals surface area contributed by atoms with Crippen molar-refractivity contribution in [3.8, 4) is 22.6 Å². The predicted molar refractivity (Wildman–Crippen MR) is 127 cm³/mol. The first-order valence-electron chi connectivity index (χ1n) is 11.4. The van der Waals surface area contributed by atoms with Crippen LogP contribution in [0, 0.1) is 11.8 Å².